The molecule has 2 aliphatic heterocycles. The molecule has 0 saturated carbocycles. The van der Waals surface area contributed by atoms with Crippen LogP contribution in [0, 0.1) is 0 Å². The standard InChI is InChI=1S/C18H27ClN2O2.C13H19ClN2.ClH/c1-13-11-21(17(22)23-18(3,4)5)14(2)10-20(13)12-15-7-6-8-16(19)9-15;1-10-8-16(11(2)7-15-10)9-12-4-3-5-13(14)6-12;/h6-9,13-14H,10-12H2,1-5H3;3-6,10-11,15H,7-9H2,1-2H3;1H/t13-,14+;10-,11+;/m01./s1. The van der Waals surface area contributed by atoms with E-state index in [4.69, 9.17) is 27.9 Å². The molecular formula is C31H47Cl3N4O2. The molecule has 1 amide bonds. The molecule has 4 atom stereocenters. The van der Waals surface area contributed by atoms with Gasteiger partial charge < -0.3 is 15.0 Å². The van der Waals surface area contributed by atoms with Gasteiger partial charge in [-0.05, 0) is 83.9 Å². The first kappa shape index (κ1) is 34.7. The molecule has 40 heavy (non-hydrogen) atoms. The lowest BCUT2D eigenvalue weighted by atomic mass is 10.1. The first-order chi connectivity index (χ1) is 18.3. The summed E-state index contributed by atoms with van der Waals surface area (Å²) in [4.78, 5) is 19.1. The Hall–Kier alpha value is -1.54. The van der Waals surface area contributed by atoms with E-state index >= 15 is 0 Å². The topological polar surface area (TPSA) is 48.0 Å². The van der Waals surface area contributed by atoms with Crippen LogP contribution in [0.15, 0.2) is 48.5 Å². The molecule has 0 radical (unpaired) electrons. The van der Waals surface area contributed by atoms with Crippen LogP contribution in [0.25, 0.3) is 0 Å². The number of halogens is 3. The molecular weight excluding hydrogens is 567 g/mol. The Labute approximate surface area is 257 Å². The second kappa shape index (κ2) is 15.6. The molecule has 2 saturated heterocycles. The molecule has 0 aliphatic carbocycles. The first-order valence-electron chi connectivity index (χ1n) is 14.0. The lowest BCUT2D eigenvalue weighted by molar-refractivity contribution is -0.0117. The highest BCUT2D eigenvalue weighted by Crippen LogP contribution is 2.22. The molecule has 4 rings (SSSR count). The van der Waals surface area contributed by atoms with Crippen molar-refractivity contribution >= 4 is 41.7 Å². The molecule has 2 aliphatic rings. The van der Waals surface area contributed by atoms with Gasteiger partial charge in [-0.1, -0.05) is 47.5 Å². The molecule has 9 heteroatoms. The second-order valence-electron chi connectivity index (χ2n) is 12.1. The Bertz CT molecular complexity index is 1080. The van der Waals surface area contributed by atoms with Crippen LogP contribution in [0.5, 0.6) is 0 Å². The van der Waals surface area contributed by atoms with Crippen molar-refractivity contribution in [2.45, 2.75) is 91.3 Å². The van der Waals surface area contributed by atoms with Crippen molar-refractivity contribution in [2.75, 3.05) is 26.2 Å². The van der Waals surface area contributed by atoms with Gasteiger partial charge in [0.05, 0.1) is 0 Å². The number of nitrogens with one attached hydrogen (secondary N) is 1. The summed E-state index contributed by atoms with van der Waals surface area (Å²) in [5.41, 5.74) is 2.04. The third-order valence-electron chi connectivity index (χ3n) is 7.19. The van der Waals surface area contributed by atoms with Crippen LogP contribution >= 0.6 is 35.6 Å². The number of ether oxygens (including phenoxy) is 1. The first-order valence-corrected chi connectivity index (χ1v) is 14.8. The summed E-state index contributed by atoms with van der Waals surface area (Å²) in [6.45, 7) is 19.9. The lowest BCUT2D eigenvalue weighted by Gasteiger charge is -2.44. The van der Waals surface area contributed by atoms with Gasteiger partial charge in [-0.15, -0.1) is 12.4 Å². The summed E-state index contributed by atoms with van der Waals surface area (Å²) in [6, 6.07) is 17.7. The van der Waals surface area contributed by atoms with Crippen molar-refractivity contribution < 1.29 is 9.53 Å². The van der Waals surface area contributed by atoms with E-state index in [9.17, 15) is 4.79 Å². The molecule has 224 valence electrons. The zero-order valence-corrected chi connectivity index (χ0v) is 27.3. The van der Waals surface area contributed by atoms with Gasteiger partial charge in [0.15, 0.2) is 0 Å². The number of hydrogen-bond donors (Lipinski definition) is 1. The smallest absolute Gasteiger partial charge is 0.410 e. The second-order valence-corrected chi connectivity index (χ2v) is 13.0. The fraction of sp³-hybridized carbons (Fsp3) is 0.581. The third-order valence-corrected chi connectivity index (χ3v) is 7.66. The normalized spacial score (nSPS) is 24.0. The van der Waals surface area contributed by atoms with Crippen molar-refractivity contribution in [1.29, 1.82) is 0 Å². The molecule has 0 aromatic heterocycles. The summed E-state index contributed by atoms with van der Waals surface area (Å²) in [5, 5.41) is 5.08. The van der Waals surface area contributed by atoms with Gasteiger partial charge in [0.2, 0.25) is 0 Å². The summed E-state index contributed by atoms with van der Waals surface area (Å²) in [6.07, 6.45) is -0.223. The maximum atomic E-state index is 12.3. The minimum absolute atomic E-state index is 0. The van der Waals surface area contributed by atoms with E-state index in [1.54, 1.807) is 0 Å². The highest BCUT2D eigenvalue weighted by Gasteiger charge is 2.34. The molecule has 2 fully saturated rings. The third kappa shape index (κ3) is 11.0. The largest absolute Gasteiger partial charge is 0.444 e. The SMILES string of the molecule is C[C@@H]1CN(Cc2cccc(Cl)c2)[C@@H](C)CN1.C[C@@H]1CN(Cc2cccc(Cl)c2)[C@@H](C)CN1C(=O)OC(C)(C)C.Cl. The molecule has 2 aromatic carbocycles. The van der Waals surface area contributed by atoms with E-state index in [1.807, 2.05) is 56.0 Å². The average Bonchev–Trinajstić information content (AvgIpc) is 2.83. The predicted molar refractivity (Wildman–Crippen MR) is 170 cm³/mol. The monoisotopic (exact) mass is 612 g/mol. The number of carbonyl (C=O) groups is 1. The van der Waals surface area contributed by atoms with Gasteiger partial charge in [0, 0.05) is 73.5 Å². The average molecular weight is 614 g/mol. The molecule has 2 aromatic rings. The van der Waals surface area contributed by atoms with Crippen molar-refractivity contribution in [3.63, 3.8) is 0 Å². The summed E-state index contributed by atoms with van der Waals surface area (Å²) in [7, 11) is 0. The van der Waals surface area contributed by atoms with Crippen molar-refractivity contribution in [3.8, 4) is 0 Å². The molecule has 1 N–H and O–H groups in total. The van der Waals surface area contributed by atoms with Crippen LogP contribution in [-0.2, 0) is 17.8 Å². The Morgan fingerprint density at radius 3 is 1.88 bits per heavy atom. The Kier molecular flexibility index (Phi) is 13.5. The van der Waals surface area contributed by atoms with Gasteiger partial charge in [0.1, 0.15) is 5.60 Å². The molecule has 0 bridgehead atoms. The maximum absolute atomic E-state index is 12.3. The van der Waals surface area contributed by atoms with Crippen LogP contribution in [0.2, 0.25) is 10.0 Å². The van der Waals surface area contributed by atoms with Crippen LogP contribution < -0.4 is 5.32 Å². The quantitative estimate of drug-likeness (QED) is 0.398. The number of carbonyl (C=O) groups excluding carboxylic acids is 1. The zero-order chi connectivity index (χ0) is 28.7. The van der Waals surface area contributed by atoms with Crippen molar-refractivity contribution in [1.82, 2.24) is 20.0 Å². The summed E-state index contributed by atoms with van der Waals surface area (Å²) in [5.74, 6) is 0. The minimum Gasteiger partial charge on any atom is -0.444 e. The highest BCUT2D eigenvalue weighted by molar-refractivity contribution is 6.30. The summed E-state index contributed by atoms with van der Waals surface area (Å²) >= 11 is 12.1. The maximum Gasteiger partial charge on any atom is 0.410 e. The van der Waals surface area contributed by atoms with E-state index in [0.29, 0.717) is 18.6 Å². The number of hydrogen-bond acceptors (Lipinski definition) is 5. The minimum atomic E-state index is -0.460. The van der Waals surface area contributed by atoms with Crippen LogP contribution in [0.3, 0.4) is 0 Å². The van der Waals surface area contributed by atoms with Crippen LogP contribution in [0.4, 0.5) is 4.79 Å². The molecule has 2 heterocycles. The van der Waals surface area contributed by atoms with Gasteiger partial charge in [0.25, 0.3) is 0 Å². The number of piperazine rings is 2. The van der Waals surface area contributed by atoms with Crippen molar-refractivity contribution in [2.24, 2.45) is 0 Å². The number of amides is 1. The van der Waals surface area contributed by atoms with Gasteiger partial charge in [-0.2, -0.15) is 0 Å². The Morgan fingerprint density at radius 2 is 1.38 bits per heavy atom. The van der Waals surface area contributed by atoms with Gasteiger partial charge >= 0.3 is 6.09 Å². The molecule has 0 spiro atoms. The molecule has 6 nitrogen and oxygen atoms in total. The lowest BCUT2D eigenvalue weighted by Crippen LogP contribution is -2.58. The number of rotatable bonds is 4. The van der Waals surface area contributed by atoms with Crippen LogP contribution in [0.1, 0.15) is 59.6 Å². The Morgan fingerprint density at radius 1 is 0.850 bits per heavy atom. The van der Waals surface area contributed by atoms with E-state index in [-0.39, 0.29) is 30.6 Å². The van der Waals surface area contributed by atoms with Crippen LogP contribution in [-0.4, -0.2) is 76.7 Å². The Balaban J connectivity index is 0.000000290. The van der Waals surface area contributed by atoms with E-state index in [1.165, 1.54) is 11.1 Å². The van der Waals surface area contributed by atoms with E-state index in [2.05, 4.69) is 61.0 Å². The van der Waals surface area contributed by atoms with Crippen molar-refractivity contribution in [3.05, 3.63) is 69.7 Å². The predicted octanol–water partition coefficient (Wildman–Crippen LogP) is 7.11. The fourth-order valence-electron chi connectivity index (χ4n) is 5.05. The summed E-state index contributed by atoms with van der Waals surface area (Å²) < 4.78 is 5.52. The molecule has 0 unspecified atom stereocenters. The number of nitrogens with zero attached hydrogens (tertiary/aromatic N) is 3. The number of benzene rings is 2. The van der Waals surface area contributed by atoms with Gasteiger partial charge in [-0.3, -0.25) is 9.80 Å². The van der Waals surface area contributed by atoms with E-state index < -0.39 is 5.60 Å². The van der Waals surface area contributed by atoms with E-state index in [0.717, 1.165) is 42.8 Å². The fourth-order valence-corrected chi connectivity index (χ4v) is 5.48. The zero-order valence-electron chi connectivity index (χ0n) is 25.0. The highest BCUT2D eigenvalue weighted by atomic mass is 35.5. The van der Waals surface area contributed by atoms with Gasteiger partial charge in [-0.25, -0.2) is 4.79 Å².